The van der Waals surface area contributed by atoms with E-state index in [0.717, 1.165) is 5.56 Å². The van der Waals surface area contributed by atoms with Crippen LogP contribution in [0.4, 0.5) is 0 Å². The molecule has 2 amide bonds. The Bertz CT molecular complexity index is 741. The van der Waals surface area contributed by atoms with Crippen LogP contribution in [-0.4, -0.2) is 52.8 Å². The van der Waals surface area contributed by atoms with Crippen LogP contribution in [0.5, 0.6) is 0 Å². The van der Waals surface area contributed by atoms with E-state index < -0.39 is 5.92 Å². The molecule has 0 bridgehead atoms. The molecule has 3 rings (SSSR count). The van der Waals surface area contributed by atoms with Crippen LogP contribution in [0.2, 0.25) is 5.02 Å². The lowest BCUT2D eigenvalue weighted by Crippen LogP contribution is -2.51. The van der Waals surface area contributed by atoms with Gasteiger partial charge in [-0.25, -0.2) is 0 Å². The zero-order chi connectivity index (χ0) is 17.8. The highest BCUT2D eigenvalue weighted by Crippen LogP contribution is 2.27. The molecule has 1 fully saturated rings. The quantitative estimate of drug-likeness (QED) is 0.848. The van der Waals surface area contributed by atoms with E-state index in [-0.39, 0.29) is 11.8 Å². The molecule has 1 aliphatic heterocycles. The second-order valence-corrected chi connectivity index (χ2v) is 6.51. The number of hydrogen-bond acceptors (Lipinski definition) is 3. The predicted molar refractivity (Wildman–Crippen MR) is 96.4 cm³/mol. The first kappa shape index (κ1) is 17.4. The van der Waals surface area contributed by atoms with E-state index in [1.807, 2.05) is 35.2 Å². The van der Waals surface area contributed by atoms with E-state index in [1.54, 1.807) is 30.2 Å². The molecule has 1 saturated heterocycles. The molecule has 1 atom stereocenters. The predicted octanol–water partition coefficient (Wildman–Crippen LogP) is 2.56. The van der Waals surface area contributed by atoms with Crippen molar-refractivity contribution in [2.45, 2.75) is 12.8 Å². The van der Waals surface area contributed by atoms with Gasteiger partial charge in [0.05, 0.1) is 5.69 Å². The number of rotatable bonds is 3. The van der Waals surface area contributed by atoms with Crippen molar-refractivity contribution < 1.29 is 9.59 Å². The average Bonchev–Trinajstić information content (AvgIpc) is 2.64. The summed E-state index contributed by atoms with van der Waals surface area (Å²) in [6.07, 6.45) is 1.69. The molecule has 1 unspecified atom stereocenters. The van der Waals surface area contributed by atoms with E-state index in [9.17, 15) is 9.59 Å². The summed E-state index contributed by atoms with van der Waals surface area (Å²) in [7, 11) is 0. The van der Waals surface area contributed by atoms with Gasteiger partial charge in [-0.1, -0.05) is 29.8 Å². The van der Waals surface area contributed by atoms with Gasteiger partial charge < -0.3 is 9.80 Å². The smallest absolute Gasteiger partial charge is 0.236 e. The van der Waals surface area contributed by atoms with Gasteiger partial charge in [0.2, 0.25) is 11.8 Å². The van der Waals surface area contributed by atoms with Crippen LogP contribution in [0.1, 0.15) is 24.1 Å². The minimum Gasteiger partial charge on any atom is -0.339 e. The Balaban J connectivity index is 1.86. The summed E-state index contributed by atoms with van der Waals surface area (Å²) < 4.78 is 0. The molecule has 1 aliphatic rings. The molecule has 0 aliphatic carbocycles. The summed E-state index contributed by atoms with van der Waals surface area (Å²) in [6, 6.07) is 12.9. The van der Waals surface area contributed by atoms with Gasteiger partial charge in [0.1, 0.15) is 5.92 Å². The molecular weight excluding hydrogens is 338 g/mol. The molecule has 130 valence electrons. The topological polar surface area (TPSA) is 53.5 Å². The maximum Gasteiger partial charge on any atom is 0.236 e. The fourth-order valence-electron chi connectivity index (χ4n) is 3.07. The van der Waals surface area contributed by atoms with Gasteiger partial charge in [-0.05, 0) is 29.8 Å². The van der Waals surface area contributed by atoms with Crippen LogP contribution in [-0.2, 0) is 9.59 Å². The maximum absolute atomic E-state index is 13.2. The Morgan fingerprint density at radius 2 is 1.64 bits per heavy atom. The molecule has 0 N–H and O–H groups in total. The van der Waals surface area contributed by atoms with Crippen molar-refractivity contribution in [3.05, 3.63) is 64.9 Å². The highest BCUT2D eigenvalue weighted by atomic mass is 35.5. The number of hydrogen-bond donors (Lipinski definition) is 0. The van der Waals surface area contributed by atoms with Gasteiger partial charge in [0.25, 0.3) is 0 Å². The van der Waals surface area contributed by atoms with E-state index in [2.05, 4.69) is 4.98 Å². The monoisotopic (exact) mass is 357 g/mol. The van der Waals surface area contributed by atoms with Crippen LogP contribution < -0.4 is 0 Å². The molecule has 0 spiro atoms. The van der Waals surface area contributed by atoms with Gasteiger partial charge in [-0.15, -0.1) is 0 Å². The second-order valence-electron chi connectivity index (χ2n) is 6.07. The Kier molecular flexibility index (Phi) is 5.34. The van der Waals surface area contributed by atoms with E-state index >= 15 is 0 Å². The number of carbonyl (C=O) groups excluding carboxylic acids is 2. The first-order valence-electron chi connectivity index (χ1n) is 8.27. The van der Waals surface area contributed by atoms with Crippen molar-refractivity contribution in [2.75, 3.05) is 26.2 Å². The van der Waals surface area contributed by atoms with Crippen LogP contribution >= 0.6 is 11.6 Å². The van der Waals surface area contributed by atoms with Crippen molar-refractivity contribution in [3.8, 4) is 0 Å². The fraction of sp³-hybridized carbons (Fsp3) is 0.316. The highest BCUT2D eigenvalue weighted by molar-refractivity contribution is 6.30. The third-order valence-electron chi connectivity index (χ3n) is 4.47. The number of amides is 2. The average molecular weight is 358 g/mol. The normalized spacial score (nSPS) is 15.8. The molecule has 6 heteroatoms. The maximum atomic E-state index is 13.2. The molecule has 1 aromatic carbocycles. The molecule has 25 heavy (non-hydrogen) atoms. The summed E-state index contributed by atoms with van der Waals surface area (Å²) in [5.74, 6) is -0.419. The number of carbonyl (C=O) groups is 2. The Labute approximate surface area is 152 Å². The van der Waals surface area contributed by atoms with Crippen LogP contribution in [0.25, 0.3) is 0 Å². The lowest BCUT2D eigenvalue weighted by molar-refractivity contribution is -0.138. The Morgan fingerprint density at radius 1 is 1.00 bits per heavy atom. The third-order valence-corrected chi connectivity index (χ3v) is 4.72. The summed E-state index contributed by atoms with van der Waals surface area (Å²) in [6.45, 7) is 3.76. The van der Waals surface area contributed by atoms with Crippen molar-refractivity contribution in [2.24, 2.45) is 0 Å². The van der Waals surface area contributed by atoms with Crippen molar-refractivity contribution in [3.63, 3.8) is 0 Å². The fourth-order valence-corrected chi connectivity index (χ4v) is 3.19. The molecule has 1 aromatic heterocycles. The molecule has 0 radical (unpaired) electrons. The first-order chi connectivity index (χ1) is 12.1. The standard InChI is InChI=1S/C19H20ClN3O2/c1-14(24)22-10-12-23(13-11-22)19(25)18(17-4-2-3-9-21-17)15-5-7-16(20)8-6-15/h2-9,18H,10-13H2,1H3. The van der Waals surface area contributed by atoms with Gasteiger partial charge in [-0.2, -0.15) is 0 Å². The van der Waals surface area contributed by atoms with Crippen LogP contribution in [0.15, 0.2) is 48.7 Å². The largest absolute Gasteiger partial charge is 0.339 e. The summed E-state index contributed by atoms with van der Waals surface area (Å²) >= 11 is 5.99. The van der Waals surface area contributed by atoms with Crippen molar-refractivity contribution >= 4 is 23.4 Å². The lowest BCUT2D eigenvalue weighted by atomic mass is 9.93. The number of benzene rings is 1. The van der Waals surface area contributed by atoms with Gasteiger partial charge >= 0.3 is 0 Å². The minimum atomic E-state index is -0.470. The van der Waals surface area contributed by atoms with Gasteiger partial charge in [-0.3, -0.25) is 14.6 Å². The second kappa shape index (κ2) is 7.66. The number of aromatic nitrogens is 1. The van der Waals surface area contributed by atoms with Crippen LogP contribution in [0.3, 0.4) is 0 Å². The molecule has 0 saturated carbocycles. The van der Waals surface area contributed by atoms with Gasteiger partial charge in [0, 0.05) is 44.3 Å². The number of piperazine rings is 1. The zero-order valence-electron chi connectivity index (χ0n) is 14.1. The Morgan fingerprint density at radius 3 is 2.20 bits per heavy atom. The number of pyridine rings is 1. The van der Waals surface area contributed by atoms with Crippen molar-refractivity contribution in [1.82, 2.24) is 14.8 Å². The summed E-state index contributed by atoms with van der Waals surface area (Å²) in [5.41, 5.74) is 1.57. The molecular formula is C19H20ClN3O2. The SMILES string of the molecule is CC(=O)N1CCN(C(=O)C(c2ccc(Cl)cc2)c2ccccn2)CC1. The van der Waals surface area contributed by atoms with E-state index in [0.29, 0.717) is 36.9 Å². The number of halogens is 1. The lowest BCUT2D eigenvalue weighted by Gasteiger charge is -2.36. The Hall–Kier alpha value is -2.40. The zero-order valence-corrected chi connectivity index (χ0v) is 14.8. The van der Waals surface area contributed by atoms with Gasteiger partial charge in [0.15, 0.2) is 0 Å². The highest BCUT2D eigenvalue weighted by Gasteiger charge is 2.31. The van der Waals surface area contributed by atoms with E-state index in [1.165, 1.54) is 0 Å². The third kappa shape index (κ3) is 3.99. The van der Waals surface area contributed by atoms with E-state index in [4.69, 9.17) is 11.6 Å². The first-order valence-corrected chi connectivity index (χ1v) is 8.65. The summed E-state index contributed by atoms with van der Waals surface area (Å²) in [4.78, 5) is 32.7. The number of nitrogens with zero attached hydrogens (tertiary/aromatic N) is 3. The molecule has 2 aromatic rings. The molecule has 2 heterocycles. The minimum absolute atomic E-state index is 0.00391. The summed E-state index contributed by atoms with van der Waals surface area (Å²) in [5, 5.41) is 0.631. The molecule has 5 nitrogen and oxygen atoms in total. The van der Waals surface area contributed by atoms with Crippen LogP contribution in [0, 0.1) is 0 Å². The van der Waals surface area contributed by atoms with Crippen molar-refractivity contribution in [1.29, 1.82) is 0 Å².